The van der Waals surface area contributed by atoms with Crippen LogP contribution in [0.5, 0.6) is 0 Å². The van der Waals surface area contributed by atoms with E-state index in [4.69, 9.17) is 33.2 Å². The van der Waals surface area contributed by atoms with Crippen molar-refractivity contribution in [3.63, 3.8) is 0 Å². The van der Waals surface area contributed by atoms with Gasteiger partial charge in [-0.15, -0.1) is 0 Å². The topological polar surface area (TPSA) is 133 Å². The van der Waals surface area contributed by atoms with E-state index in [-0.39, 0.29) is 16.9 Å². The highest BCUT2D eigenvalue weighted by molar-refractivity contribution is 5.91. The first-order valence-electron chi connectivity index (χ1n) is 19.3. The molecule has 2 heterocycles. The molecule has 4 aromatic carbocycles. The molecule has 2 saturated heterocycles. The number of ketones is 1. The Morgan fingerprint density at radius 1 is 0.707 bits per heavy atom. The lowest BCUT2D eigenvalue weighted by molar-refractivity contribution is -0.383. The minimum absolute atomic E-state index is 0.0451. The molecule has 4 aromatic rings. The van der Waals surface area contributed by atoms with E-state index in [0.717, 1.165) is 11.1 Å². The maximum absolute atomic E-state index is 13.9. The number of hydrogen-bond donors (Lipinski definition) is 0. The summed E-state index contributed by atoms with van der Waals surface area (Å²) in [5.74, 6) is -4.00. The SMILES string of the molecule is CC(=O)/C=C/C1=C(C)C[C@@H](O[C@]2(c3ccccc3)O[C@@H]3O[C@H](COC(=O)c4ccccc4)[C@@H](OC(=O)c4ccccc4)[C@H](OC(=O)c4ccccc4)[C@H]3O2)CC1(C)C. The summed E-state index contributed by atoms with van der Waals surface area (Å²) in [7, 11) is 0. The van der Waals surface area contributed by atoms with Crippen molar-refractivity contribution in [2.24, 2.45) is 5.41 Å². The second-order valence-corrected chi connectivity index (χ2v) is 15.3. The molecule has 0 N–H and O–H groups in total. The smallest absolute Gasteiger partial charge is 0.338 e. The largest absolute Gasteiger partial charge is 0.459 e. The Bertz CT molecular complexity index is 2150. The summed E-state index contributed by atoms with van der Waals surface area (Å²) in [5, 5.41) is 0. The van der Waals surface area contributed by atoms with Gasteiger partial charge in [0.15, 0.2) is 30.4 Å². The average molecular weight is 787 g/mol. The van der Waals surface area contributed by atoms with Crippen LogP contribution in [0.15, 0.2) is 145 Å². The number of allylic oxidation sites excluding steroid dienone is 3. The van der Waals surface area contributed by atoms with Crippen LogP contribution in [0.1, 0.15) is 77.2 Å². The summed E-state index contributed by atoms with van der Waals surface area (Å²) in [6, 6.07) is 34.2. The summed E-state index contributed by atoms with van der Waals surface area (Å²) in [4.78, 5) is 52.7. The highest BCUT2D eigenvalue weighted by atomic mass is 16.9. The van der Waals surface area contributed by atoms with Gasteiger partial charge in [-0.05, 0) is 80.2 Å². The van der Waals surface area contributed by atoms with Crippen LogP contribution < -0.4 is 0 Å². The van der Waals surface area contributed by atoms with Crippen molar-refractivity contribution in [1.29, 1.82) is 0 Å². The van der Waals surface area contributed by atoms with Crippen molar-refractivity contribution in [2.45, 2.75) is 83.3 Å². The van der Waals surface area contributed by atoms with E-state index in [9.17, 15) is 19.2 Å². The average Bonchev–Trinajstić information content (AvgIpc) is 3.60. The molecule has 0 bridgehead atoms. The second-order valence-electron chi connectivity index (χ2n) is 15.3. The molecule has 3 aliphatic rings. The molecule has 0 amide bonds. The third kappa shape index (κ3) is 9.03. The standard InChI is InChI=1S/C47H46O11/c1-30-27-36(28-46(3,4)37(30)26-25-31(2)48)56-47(35-23-15-8-16-24-35)57-41-40(55-44(51)34-21-13-7-14-22-34)39(54-43(50)33-19-11-6-12-20-33)38(53-45(41)58-47)29-52-42(49)32-17-9-5-10-18-32/h5-26,36,38-41,45H,27-29H2,1-4H3/b26-25+/t36-,38-,39-,40+,41-,45+,47+/m1/s1. The molecule has 2 aliphatic heterocycles. The van der Waals surface area contributed by atoms with Crippen LogP contribution in [0.25, 0.3) is 0 Å². The molecular formula is C47H46O11. The molecule has 2 fully saturated rings. The number of carbonyl (C=O) groups excluding carboxylic acids is 4. The lowest BCUT2D eigenvalue weighted by Crippen LogP contribution is -2.60. The zero-order valence-corrected chi connectivity index (χ0v) is 32.8. The molecule has 58 heavy (non-hydrogen) atoms. The monoisotopic (exact) mass is 786 g/mol. The lowest BCUT2D eigenvalue weighted by Gasteiger charge is -2.41. The number of carbonyl (C=O) groups is 4. The van der Waals surface area contributed by atoms with E-state index < -0.39 is 72.7 Å². The van der Waals surface area contributed by atoms with Gasteiger partial charge < -0.3 is 28.4 Å². The first-order chi connectivity index (χ1) is 27.9. The molecule has 1 aliphatic carbocycles. The number of hydrogen-bond acceptors (Lipinski definition) is 11. The van der Waals surface area contributed by atoms with Crippen LogP contribution in [0.2, 0.25) is 0 Å². The molecule has 7 rings (SSSR count). The molecule has 7 atom stereocenters. The lowest BCUT2D eigenvalue weighted by atomic mass is 9.71. The van der Waals surface area contributed by atoms with Gasteiger partial charge in [-0.2, -0.15) is 0 Å². The van der Waals surface area contributed by atoms with Gasteiger partial charge in [0.25, 0.3) is 0 Å². The minimum Gasteiger partial charge on any atom is -0.459 e. The van der Waals surface area contributed by atoms with E-state index in [0.29, 0.717) is 24.0 Å². The van der Waals surface area contributed by atoms with E-state index in [1.54, 1.807) is 109 Å². The summed E-state index contributed by atoms with van der Waals surface area (Å²) >= 11 is 0. The van der Waals surface area contributed by atoms with E-state index in [1.807, 2.05) is 31.2 Å². The van der Waals surface area contributed by atoms with E-state index in [1.165, 1.54) is 6.92 Å². The van der Waals surface area contributed by atoms with Crippen LogP contribution in [-0.2, 0) is 43.9 Å². The second kappa shape index (κ2) is 17.4. The first kappa shape index (κ1) is 40.5. The van der Waals surface area contributed by atoms with Crippen LogP contribution in [0.3, 0.4) is 0 Å². The highest BCUT2D eigenvalue weighted by Crippen LogP contribution is 2.49. The molecule has 0 spiro atoms. The fourth-order valence-electron chi connectivity index (χ4n) is 7.77. The first-order valence-corrected chi connectivity index (χ1v) is 19.3. The Balaban J connectivity index is 1.27. The van der Waals surface area contributed by atoms with Gasteiger partial charge in [0.2, 0.25) is 0 Å². The molecule has 0 saturated carbocycles. The van der Waals surface area contributed by atoms with Crippen molar-refractivity contribution < 1.29 is 52.3 Å². The number of rotatable bonds is 12. The van der Waals surface area contributed by atoms with Gasteiger partial charge >= 0.3 is 23.9 Å². The van der Waals surface area contributed by atoms with Gasteiger partial charge in [0, 0.05) is 5.56 Å². The maximum atomic E-state index is 13.9. The van der Waals surface area contributed by atoms with Gasteiger partial charge in [0.05, 0.1) is 22.8 Å². The molecule has 0 unspecified atom stereocenters. The number of benzene rings is 4. The fourth-order valence-corrected chi connectivity index (χ4v) is 7.77. The summed E-state index contributed by atoms with van der Waals surface area (Å²) in [5.41, 5.74) is 2.99. The van der Waals surface area contributed by atoms with E-state index in [2.05, 4.69) is 13.8 Å². The van der Waals surface area contributed by atoms with Gasteiger partial charge in [-0.25, -0.2) is 14.4 Å². The normalized spacial score (nSPS) is 26.4. The van der Waals surface area contributed by atoms with Gasteiger partial charge in [0.1, 0.15) is 12.7 Å². The third-order valence-corrected chi connectivity index (χ3v) is 10.4. The van der Waals surface area contributed by atoms with Crippen LogP contribution >= 0.6 is 0 Å². The summed E-state index contributed by atoms with van der Waals surface area (Å²) in [6.45, 7) is 7.31. The number of fused-ring (bicyclic) bond motifs is 1. The van der Waals surface area contributed by atoms with E-state index >= 15 is 0 Å². The Morgan fingerprint density at radius 3 is 1.76 bits per heavy atom. The summed E-state index contributed by atoms with van der Waals surface area (Å²) in [6.07, 6.45) is -2.31. The Hall–Kier alpha value is -5.72. The molecule has 0 aromatic heterocycles. The predicted octanol–water partition coefficient (Wildman–Crippen LogP) is 7.91. The zero-order valence-electron chi connectivity index (χ0n) is 32.8. The molecular weight excluding hydrogens is 741 g/mol. The minimum atomic E-state index is -1.88. The number of ether oxygens (including phenoxy) is 7. The van der Waals surface area contributed by atoms with Crippen LogP contribution in [0, 0.1) is 5.41 Å². The predicted molar refractivity (Wildman–Crippen MR) is 211 cm³/mol. The van der Waals surface area contributed by atoms with Gasteiger partial charge in [-0.3, -0.25) is 9.53 Å². The van der Waals surface area contributed by atoms with Crippen molar-refractivity contribution in [2.75, 3.05) is 6.61 Å². The molecule has 11 nitrogen and oxygen atoms in total. The molecule has 11 heteroatoms. The van der Waals surface area contributed by atoms with Crippen molar-refractivity contribution >= 4 is 23.7 Å². The van der Waals surface area contributed by atoms with Crippen molar-refractivity contribution in [1.82, 2.24) is 0 Å². The fraction of sp³-hybridized carbons (Fsp3) is 0.319. The Morgan fingerprint density at radius 2 is 1.22 bits per heavy atom. The Kier molecular flexibility index (Phi) is 12.2. The number of esters is 3. The van der Waals surface area contributed by atoms with Crippen LogP contribution in [-0.4, -0.2) is 67.1 Å². The van der Waals surface area contributed by atoms with Crippen molar-refractivity contribution in [3.05, 3.63) is 167 Å². The quantitative estimate of drug-likeness (QED) is 0.0788. The Labute approximate surface area is 337 Å². The maximum Gasteiger partial charge on any atom is 0.338 e. The molecule has 0 radical (unpaired) electrons. The zero-order chi connectivity index (χ0) is 40.9. The highest BCUT2D eigenvalue weighted by Gasteiger charge is 2.62. The van der Waals surface area contributed by atoms with Crippen LogP contribution in [0.4, 0.5) is 0 Å². The van der Waals surface area contributed by atoms with Gasteiger partial charge in [-0.1, -0.05) is 110 Å². The third-order valence-electron chi connectivity index (χ3n) is 10.4. The summed E-state index contributed by atoms with van der Waals surface area (Å²) < 4.78 is 45.2. The van der Waals surface area contributed by atoms with Crippen molar-refractivity contribution in [3.8, 4) is 0 Å². The molecule has 300 valence electrons.